The maximum Gasteiger partial charge on any atom is 0.405 e. The second-order valence-corrected chi connectivity index (χ2v) is 5.27. The summed E-state index contributed by atoms with van der Waals surface area (Å²) in [4.78, 5) is 34.7. The molecular formula is C14H20N4O5. The third-order valence-corrected chi connectivity index (χ3v) is 3.50. The van der Waals surface area contributed by atoms with Crippen molar-refractivity contribution in [2.75, 3.05) is 18.6 Å². The first-order valence-electron chi connectivity index (χ1n) is 7.33. The topological polar surface area (TPSA) is 122 Å². The number of nitrogens with zero attached hydrogens (tertiary/aromatic N) is 1. The van der Waals surface area contributed by atoms with E-state index in [0.717, 1.165) is 12.8 Å². The minimum atomic E-state index is -1.29. The lowest BCUT2D eigenvalue weighted by molar-refractivity contribution is -0.118. The van der Waals surface area contributed by atoms with Gasteiger partial charge in [0.1, 0.15) is 11.7 Å². The fourth-order valence-corrected chi connectivity index (χ4v) is 2.23. The second kappa shape index (κ2) is 7.63. The van der Waals surface area contributed by atoms with Crippen LogP contribution < -0.4 is 16.1 Å². The Morgan fingerprint density at radius 3 is 2.70 bits per heavy atom. The average molecular weight is 324 g/mol. The van der Waals surface area contributed by atoms with Gasteiger partial charge < -0.3 is 20.5 Å². The van der Waals surface area contributed by atoms with Gasteiger partial charge in [-0.1, -0.05) is 0 Å². The van der Waals surface area contributed by atoms with Gasteiger partial charge in [-0.15, -0.1) is 0 Å². The Labute approximate surface area is 133 Å². The molecule has 23 heavy (non-hydrogen) atoms. The summed E-state index contributed by atoms with van der Waals surface area (Å²) in [6.07, 6.45) is 1.72. The number of carbonyl (C=O) groups excluding carboxylic acids is 2. The highest BCUT2D eigenvalue weighted by Gasteiger charge is 2.21. The molecule has 1 fully saturated rings. The van der Waals surface area contributed by atoms with E-state index in [1.54, 1.807) is 12.1 Å². The molecule has 1 aromatic rings. The molecule has 1 aliphatic heterocycles. The van der Waals surface area contributed by atoms with E-state index in [0.29, 0.717) is 13.2 Å². The van der Waals surface area contributed by atoms with Crippen LogP contribution in [0.5, 0.6) is 0 Å². The average Bonchev–Trinajstić information content (AvgIpc) is 2.95. The van der Waals surface area contributed by atoms with Gasteiger partial charge in [0.25, 0.3) is 11.8 Å². The number of amides is 3. The van der Waals surface area contributed by atoms with Crippen LogP contribution in [0, 0.1) is 0 Å². The van der Waals surface area contributed by atoms with Crippen LogP contribution in [0.4, 0.5) is 4.79 Å². The summed E-state index contributed by atoms with van der Waals surface area (Å²) >= 11 is 0. The predicted molar refractivity (Wildman–Crippen MR) is 80.7 cm³/mol. The molecule has 1 atom stereocenters. The van der Waals surface area contributed by atoms with Crippen LogP contribution >= 0.6 is 0 Å². The van der Waals surface area contributed by atoms with Crippen molar-refractivity contribution in [1.82, 2.24) is 15.3 Å². The first-order chi connectivity index (χ1) is 11.0. The minimum Gasteiger partial charge on any atom is -0.465 e. The molecule has 0 radical (unpaired) electrons. The van der Waals surface area contributed by atoms with E-state index < -0.39 is 18.0 Å². The monoisotopic (exact) mass is 324 g/mol. The molecule has 0 bridgehead atoms. The Hall–Kier alpha value is -2.55. The van der Waals surface area contributed by atoms with E-state index in [1.807, 2.05) is 5.32 Å². The maximum absolute atomic E-state index is 12.3. The highest BCUT2D eigenvalue weighted by molar-refractivity contribution is 5.95. The Kier molecular flexibility index (Phi) is 5.58. The van der Waals surface area contributed by atoms with Crippen LogP contribution in [-0.4, -0.2) is 53.0 Å². The molecule has 0 spiro atoms. The number of ether oxygens (including phenoxy) is 1. The van der Waals surface area contributed by atoms with Crippen LogP contribution in [0.1, 0.15) is 30.3 Å². The number of carboxylic acid groups (broad SMARTS) is 1. The number of aromatic nitrogens is 1. The van der Waals surface area contributed by atoms with Gasteiger partial charge in [0.15, 0.2) is 0 Å². The molecule has 1 unspecified atom stereocenters. The van der Waals surface area contributed by atoms with Crippen LogP contribution in [0.3, 0.4) is 0 Å². The van der Waals surface area contributed by atoms with E-state index in [2.05, 4.69) is 10.7 Å². The van der Waals surface area contributed by atoms with Crippen molar-refractivity contribution < 1.29 is 24.2 Å². The molecule has 9 nitrogen and oxygen atoms in total. The lowest BCUT2D eigenvalue weighted by Gasteiger charge is -2.23. The maximum atomic E-state index is 12.3. The van der Waals surface area contributed by atoms with Crippen molar-refractivity contribution >= 4 is 17.9 Å². The Bertz CT molecular complexity index is 579. The normalized spacial score (nSPS) is 16.4. The molecule has 0 aliphatic carbocycles. The summed E-state index contributed by atoms with van der Waals surface area (Å²) in [5.41, 5.74) is 2.75. The molecule has 4 N–H and O–H groups in total. The third kappa shape index (κ3) is 4.71. The summed E-state index contributed by atoms with van der Waals surface area (Å²) in [5.74, 6) is -0.871. The van der Waals surface area contributed by atoms with Crippen LogP contribution in [0.25, 0.3) is 0 Å². The lowest BCUT2D eigenvalue weighted by Crippen LogP contribution is -2.44. The van der Waals surface area contributed by atoms with Crippen LogP contribution in [0.15, 0.2) is 18.3 Å². The van der Waals surface area contributed by atoms with Crippen LogP contribution in [0.2, 0.25) is 0 Å². The molecule has 126 valence electrons. The molecule has 1 saturated heterocycles. The molecule has 2 rings (SSSR count). The molecule has 3 amide bonds. The molecule has 1 aromatic heterocycles. The number of nitrogens with one attached hydrogen (secondary N) is 3. The fraction of sp³-hybridized carbons (Fsp3) is 0.500. The van der Waals surface area contributed by atoms with E-state index in [-0.39, 0.29) is 17.6 Å². The number of hydrogen-bond acceptors (Lipinski definition) is 4. The summed E-state index contributed by atoms with van der Waals surface area (Å²) in [5, 5.41) is 13.6. The Morgan fingerprint density at radius 1 is 1.35 bits per heavy atom. The summed E-state index contributed by atoms with van der Waals surface area (Å²) in [6, 6.07) is 2.29. The van der Waals surface area contributed by atoms with Gasteiger partial charge >= 0.3 is 6.09 Å². The highest BCUT2D eigenvalue weighted by atomic mass is 16.5. The Morgan fingerprint density at radius 2 is 2.04 bits per heavy atom. The van der Waals surface area contributed by atoms with Gasteiger partial charge in [-0.25, -0.2) is 4.79 Å². The van der Waals surface area contributed by atoms with Gasteiger partial charge in [0.2, 0.25) is 0 Å². The minimum absolute atomic E-state index is 0.0444. The molecule has 1 aliphatic rings. The van der Waals surface area contributed by atoms with Gasteiger partial charge in [0.05, 0.1) is 0 Å². The highest BCUT2D eigenvalue weighted by Crippen LogP contribution is 2.08. The van der Waals surface area contributed by atoms with Gasteiger partial charge in [-0.3, -0.25) is 19.7 Å². The van der Waals surface area contributed by atoms with Crippen molar-refractivity contribution in [3.63, 3.8) is 0 Å². The van der Waals surface area contributed by atoms with Gasteiger partial charge in [-0.05, 0) is 31.9 Å². The molecule has 2 heterocycles. The number of carbonyl (C=O) groups is 3. The van der Waals surface area contributed by atoms with Crippen LogP contribution in [-0.2, 0) is 9.53 Å². The molecule has 9 heteroatoms. The zero-order chi connectivity index (χ0) is 16.8. The molecular weight excluding hydrogens is 304 g/mol. The van der Waals surface area contributed by atoms with E-state index in [4.69, 9.17) is 9.84 Å². The first-order valence-corrected chi connectivity index (χ1v) is 7.33. The van der Waals surface area contributed by atoms with Crippen molar-refractivity contribution in [3.8, 4) is 0 Å². The van der Waals surface area contributed by atoms with E-state index in [9.17, 15) is 14.4 Å². The smallest absolute Gasteiger partial charge is 0.405 e. The Balaban J connectivity index is 1.96. The summed E-state index contributed by atoms with van der Waals surface area (Å²) < 4.78 is 6.51. The zero-order valence-corrected chi connectivity index (χ0v) is 12.7. The largest absolute Gasteiger partial charge is 0.465 e. The summed E-state index contributed by atoms with van der Waals surface area (Å²) in [7, 11) is 0. The predicted octanol–water partition coefficient (Wildman–Crippen LogP) is 0.123. The SMILES string of the molecule is CC(NC(=O)O)C(=O)Nn1cccc1C(=O)NC1CCOCC1. The van der Waals surface area contributed by atoms with Crippen molar-refractivity contribution in [2.24, 2.45) is 0 Å². The standard InChI is InChI=1S/C14H20N4O5/c1-9(15-14(21)22)12(19)17-18-6-2-3-11(18)13(20)16-10-4-7-23-8-5-10/h2-3,6,9-10,15H,4-5,7-8H2,1H3,(H,16,20)(H,17,19)(H,21,22). The zero-order valence-electron chi connectivity index (χ0n) is 12.7. The number of hydrogen-bond donors (Lipinski definition) is 4. The van der Waals surface area contributed by atoms with Crippen molar-refractivity contribution in [1.29, 1.82) is 0 Å². The lowest BCUT2D eigenvalue weighted by atomic mass is 10.1. The van der Waals surface area contributed by atoms with Crippen molar-refractivity contribution in [2.45, 2.75) is 31.8 Å². The quantitative estimate of drug-likeness (QED) is 0.613. The molecule has 0 saturated carbocycles. The number of rotatable bonds is 5. The van der Waals surface area contributed by atoms with Gasteiger partial charge in [0, 0.05) is 25.5 Å². The van der Waals surface area contributed by atoms with E-state index >= 15 is 0 Å². The third-order valence-electron chi connectivity index (χ3n) is 3.50. The van der Waals surface area contributed by atoms with E-state index in [1.165, 1.54) is 17.8 Å². The summed E-state index contributed by atoms with van der Waals surface area (Å²) in [6.45, 7) is 2.64. The molecule has 0 aromatic carbocycles. The van der Waals surface area contributed by atoms with Crippen molar-refractivity contribution in [3.05, 3.63) is 24.0 Å². The second-order valence-electron chi connectivity index (χ2n) is 5.27. The van der Waals surface area contributed by atoms with Gasteiger partial charge in [-0.2, -0.15) is 0 Å². The fourth-order valence-electron chi connectivity index (χ4n) is 2.23. The first kappa shape index (κ1) is 16.8.